The molecule has 0 fully saturated rings. The Balaban J connectivity index is 2.90. The minimum absolute atomic E-state index is 0.201. The number of hydrogen-bond donors (Lipinski definition) is 0. The van der Waals surface area contributed by atoms with E-state index in [1.54, 1.807) is 4.68 Å². The van der Waals surface area contributed by atoms with Crippen molar-refractivity contribution in [1.29, 1.82) is 0 Å². The molecule has 0 aliphatic rings. The third-order valence-corrected chi connectivity index (χ3v) is 1.90. The van der Waals surface area contributed by atoms with Crippen LogP contribution in [-0.4, -0.2) is 18.5 Å². The Labute approximate surface area is 67.5 Å². The van der Waals surface area contributed by atoms with Gasteiger partial charge in [-0.2, -0.15) is 5.10 Å². The number of rotatable bonds is 2. The molecule has 0 spiro atoms. The summed E-state index contributed by atoms with van der Waals surface area (Å²) in [6.07, 6.45) is 2.84. The Hall–Kier alpha value is -0.680. The topological polar surface area (TPSA) is 58.0 Å². The molecule has 11 heavy (non-hydrogen) atoms. The lowest BCUT2D eigenvalue weighted by Crippen LogP contribution is -1.99. The first-order chi connectivity index (χ1) is 5.11. The second kappa shape index (κ2) is 3.15. The standard InChI is InChI=1S/C6H10N2O2S/c1-5(2)8-4-6(3-7-8)11(9)10/h3-5H,1-2H3,(H,9,10)/p-1. The van der Waals surface area contributed by atoms with E-state index < -0.39 is 11.1 Å². The van der Waals surface area contributed by atoms with Crippen LogP contribution >= 0.6 is 0 Å². The first-order valence-corrected chi connectivity index (χ1v) is 4.32. The van der Waals surface area contributed by atoms with Gasteiger partial charge in [0.25, 0.3) is 0 Å². The molecule has 0 amide bonds. The molecule has 4 nitrogen and oxygen atoms in total. The summed E-state index contributed by atoms with van der Waals surface area (Å²) in [6, 6.07) is 0.201. The second-order valence-electron chi connectivity index (χ2n) is 2.48. The van der Waals surface area contributed by atoms with E-state index in [1.165, 1.54) is 12.4 Å². The van der Waals surface area contributed by atoms with E-state index in [4.69, 9.17) is 0 Å². The van der Waals surface area contributed by atoms with Gasteiger partial charge in [0.1, 0.15) is 0 Å². The summed E-state index contributed by atoms with van der Waals surface area (Å²) >= 11 is -2.16. The molecular formula is C6H9N2O2S-. The van der Waals surface area contributed by atoms with E-state index in [-0.39, 0.29) is 10.9 Å². The van der Waals surface area contributed by atoms with Crippen LogP contribution in [0.5, 0.6) is 0 Å². The fraction of sp³-hybridized carbons (Fsp3) is 0.500. The summed E-state index contributed by atoms with van der Waals surface area (Å²) in [5.41, 5.74) is 0. The molecule has 0 N–H and O–H groups in total. The third kappa shape index (κ3) is 1.87. The van der Waals surface area contributed by atoms with Crippen LogP contribution in [-0.2, 0) is 11.1 Å². The molecule has 0 saturated carbocycles. The molecule has 62 valence electrons. The van der Waals surface area contributed by atoms with Gasteiger partial charge < -0.3 is 4.55 Å². The van der Waals surface area contributed by atoms with Gasteiger partial charge in [-0.15, -0.1) is 0 Å². The van der Waals surface area contributed by atoms with Crippen molar-refractivity contribution < 1.29 is 8.76 Å². The van der Waals surface area contributed by atoms with Gasteiger partial charge in [-0.05, 0) is 24.9 Å². The maximum Gasteiger partial charge on any atom is 0.0640 e. The molecule has 5 heteroatoms. The lowest BCUT2D eigenvalue weighted by Gasteiger charge is -2.03. The lowest BCUT2D eigenvalue weighted by molar-refractivity contribution is 0.527. The highest BCUT2D eigenvalue weighted by atomic mass is 32.2. The lowest BCUT2D eigenvalue weighted by atomic mass is 10.4. The number of nitrogens with zero attached hydrogens (tertiary/aromatic N) is 2. The fourth-order valence-corrected chi connectivity index (χ4v) is 1.02. The molecule has 1 heterocycles. The highest BCUT2D eigenvalue weighted by Crippen LogP contribution is 2.07. The van der Waals surface area contributed by atoms with Crippen molar-refractivity contribution in [2.45, 2.75) is 24.8 Å². The molecule has 1 aromatic rings. The van der Waals surface area contributed by atoms with E-state index in [9.17, 15) is 8.76 Å². The van der Waals surface area contributed by atoms with Crippen molar-refractivity contribution in [3.63, 3.8) is 0 Å². The molecule has 1 atom stereocenters. The summed E-state index contributed by atoms with van der Waals surface area (Å²) in [5.74, 6) is 0. The summed E-state index contributed by atoms with van der Waals surface area (Å²) < 4.78 is 22.4. The smallest absolute Gasteiger partial charge is 0.0640 e. The largest absolute Gasteiger partial charge is 0.768 e. The van der Waals surface area contributed by atoms with Crippen LogP contribution < -0.4 is 0 Å². The Morgan fingerprint density at radius 2 is 2.36 bits per heavy atom. The Kier molecular flexibility index (Phi) is 2.41. The Morgan fingerprint density at radius 3 is 2.64 bits per heavy atom. The van der Waals surface area contributed by atoms with Crippen LogP contribution in [0, 0.1) is 0 Å². The monoisotopic (exact) mass is 173 g/mol. The SMILES string of the molecule is CC(C)n1cc(S(=O)[O-])cn1. The number of hydrogen-bond acceptors (Lipinski definition) is 3. The van der Waals surface area contributed by atoms with Crippen LogP contribution in [0.3, 0.4) is 0 Å². The van der Waals surface area contributed by atoms with Gasteiger partial charge in [-0.25, -0.2) is 0 Å². The fourth-order valence-electron chi connectivity index (χ4n) is 0.689. The second-order valence-corrected chi connectivity index (χ2v) is 3.43. The van der Waals surface area contributed by atoms with Crippen molar-refractivity contribution in [3.8, 4) is 0 Å². The van der Waals surface area contributed by atoms with Gasteiger partial charge in [0, 0.05) is 12.2 Å². The average molecular weight is 173 g/mol. The van der Waals surface area contributed by atoms with Gasteiger partial charge in [-0.3, -0.25) is 8.89 Å². The van der Waals surface area contributed by atoms with Crippen molar-refractivity contribution in [3.05, 3.63) is 12.4 Å². The minimum Gasteiger partial charge on any atom is -0.768 e. The predicted molar refractivity (Wildman–Crippen MR) is 39.8 cm³/mol. The zero-order valence-corrected chi connectivity index (χ0v) is 7.17. The van der Waals surface area contributed by atoms with Gasteiger partial charge in [0.2, 0.25) is 0 Å². The van der Waals surface area contributed by atoms with Gasteiger partial charge >= 0.3 is 0 Å². The summed E-state index contributed by atoms with van der Waals surface area (Å²) in [6.45, 7) is 3.87. The third-order valence-electron chi connectivity index (χ3n) is 1.30. The summed E-state index contributed by atoms with van der Waals surface area (Å²) in [5, 5.41) is 3.86. The van der Waals surface area contributed by atoms with Crippen molar-refractivity contribution in [2.24, 2.45) is 0 Å². The van der Waals surface area contributed by atoms with Crippen LogP contribution in [0.4, 0.5) is 0 Å². The molecule has 0 aromatic carbocycles. The molecule has 1 aromatic heterocycles. The van der Waals surface area contributed by atoms with E-state index >= 15 is 0 Å². The predicted octanol–water partition coefficient (Wildman–Crippen LogP) is 0.702. The molecule has 0 aliphatic heterocycles. The first kappa shape index (κ1) is 8.42. The molecule has 0 radical (unpaired) electrons. The van der Waals surface area contributed by atoms with E-state index in [0.717, 1.165) is 0 Å². The Bertz CT molecular complexity index is 269. The highest BCUT2D eigenvalue weighted by Gasteiger charge is 2.00. The number of aromatic nitrogens is 2. The van der Waals surface area contributed by atoms with E-state index in [0.29, 0.717) is 0 Å². The summed E-state index contributed by atoms with van der Waals surface area (Å²) in [7, 11) is 0. The minimum atomic E-state index is -2.16. The molecular weight excluding hydrogens is 164 g/mol. The van der Waals surface area contributed by atoms with Crippen LogP contribution in [0.25, 0.3) is 0 Å². The van der Waals surface area contributed by atoms with Crippen LogP contribution in [0.1, 0.15) is 19.9 Å². The molecule has 0 saturated heterocycles. The molecule has 1 rings (SSSR count). The van der Waals surface area contributed by atoms with Crippen LogP contribution in [0.2, 0.25) is 0 Å². The van der Waals surface area contributed by atoms with Gasteiger partial charge in [0.05, 0.1) is 11.1 Å². The normalized spacial score (nSPS) is 13.8. The highest BCUT2D eigenvalue weighted by molar-refractivity contribution is 7.79. The van der Waals surface area contributed by atoms with Crippen LogP contribution in [0.15, 0.2) is 17.3 Å². The van der Waals surface area contributed by atoms with Crippen molar-refractivity contribution in [1.82, 2.24) is 9.78 Å². The Morgan fingerprint density at radius 1 is 1.73 bits per heavy atom. The van der Waals surface area contributed by atoms with Gasteiger partial charge in [0.15, 0.2) is 0 Å². The quantitative estimate of drug-likeness (QED) is 0.618. The molecule has 0 bridgehead atoms. The van der Waals surface area contributed by atoms with E-state index in [1.807, 2.05) is 13.8 Å². The average Bonchev–Trinajstić information content (AvgIpc) is 2.33. The maximum absolute atomic E-state index is 10.4. The molecule has 1 unspecified atom stereocenters. The van der Waals surface area contributed by atoms with Crippen molar-refractivity contribution >= 4 is 11.1 Å². The van der Waals surface area contributed by atoms with E-state index in [2.05, 4.69) is 5.10 Å². The van der Waals surface area contributed by atoms with Crippen molar-refractivity contribution in [2.75, 3.05) is 0 Å². The zero-order valence-electron chi connectivity index (χ0n) is 6.35. The molecule has 0 aliphatic carbocycles. The first-order valence-electron chi connectivity index (χ1n) is 3.24. The summed E-state index contributed by atoms with van der Waals surface area (Å²) in [4.78, 5) is 0.235. The maximum atomic E-state index is 10.4. The van der Waals surface area contributed by atoms with Gasteiger partial charge in [-0.1, -0.05) is 0 Å². The zero-order chi connectivity index (χ0) is 8.43.